The minimum atomic E-state index is -0.383. The third kappa shape index (κ3) is 3.61. The summed E-state index contributed by atoms with van der Waals surface area (Å²) >= 11 is 4.67. The number of benzene rings is 1. The van der Waals surface area contributed by atoms with Gasteiger partial charge in [-0.2, -0.15) is 0 Å². The van der Waals surface area contributed by atoms with Gasteiger partial charge in [0.15, 0.2) is 5.82 Å². The Kier molecular flexibility index (Phi) is 5.47. The molecule has 118 valence electrons. The van der Waals surface area contributed by atoms with Crippen LogP contribution in [-0.2, 0) is 9.53 Å². The molecule has 0 amide bonds. The van der Waals surface area contributed by atoms with Crippen LogP contribution >= 0.6 is 27.7 Å². The van der Waals surface area contributed by atoms with Gasteiger partial charge in [-0.15, -0.1) is 10.2 Å². The van der Waals surface area contributed by atoms with Gasteiger partial charge < -0.3 is 10.6 Å². The number of carbonyl (C=O) groups is 1. The van der Waals surface area contributed by atoms with Gasteiger partial charge in [0.2, 0.25) is 5.16 Å². The largest absolute Gasteiger partial charge is 0.468 e. The van der Waals surface area contributed by atoms with Crippen molar-refractivity contribution < 1.29 is 9.53 Å². The minimum absolute atomic E-state index is 0.0865. The lowest BCUT2D eigenvalue weighted by molar-refractivity contribution is -0.140. The number of thioether (sulfide) groups is 1. The van der Waals surface area contributed by atoms with E-state index in [9.17, 15) is 4.79 Å². The first-order valence-corrected chi connectivity index (χ1v) is 8.32. The average Bonchev–Trinajstić information content (AvgIpc) is 2.84. The molecule has 0 radical (unpaired) electrons. The number of nitrogen functional groups attached to an aromatic ring is 1. The van der Waals surface area contributed by atoms with Gasteiger partial charge in [-0.1, -0.05) is 53.7 Å². The fourth-order valence-electron chi connectivity index (χ4n) is 1.87. The molecule has 2 rings (SSSR count). The van der Waals surface area contributed by atoms with E-state index >= 15 is 0 Å². The normalized spacial score (nSPS) is 12.4. The van der Waals surface area contributed by atoms with Crippen LogP contribution in [0, 0.1) is 5.92 Å². The highest BCUT2D eigenvalue weighted by Crippen LogP contribution is 2.29. The van der Waals surface area contributed by atoms with Crippen molar-refractivity contribution in [3.05, 3.63) is 28.7 Å². The zero-order valence-electron chi connectivity index (χ0n) is 12.5. The number of nitrogens with two attached hydrogens (primary N) is 1. The molecule has 8 heteroatoms. The second-order valence-corrected chi connectivity index (χ2v) is 7.02. The van der Waals surface area contributed by atoms with Crippen molar-refractivity contribution in [2.45, 2.75) is 24.3 Å². The van der Waals surface area contributed by atoms with Crippen LogP contribution in [0.2, 0.25) is 0 Å². The molecule has 0 bridgehead atoms. The molecule has 0 fully saturated rings. The lowest BCUT2D eigenvalue weighted by atomic mass is 10.1. The fourth-order valence-corrected chi connectivity index (χ4v) is 3.25. The van der Waals surface area contributed by atoms with Crippen molar-refractivity contribution in [3.8, 4) is 11.4 Å². The smallest absolute Gasteiger partial charge is 0.319 e. The SMILES string of the molecule is COC(=O)C(Sc1nnc(-c2cccc(Br)c2)n1N)C(C)C. The van der Waals surface area contributed by atoms with E-state index < -0.39 is 0 Å². The van der Waals surface area contributed by atoms with Crippen LogP contribution in [0.15, 0.2) is 33.9 Å². The Morgan fingerprint density at radius 1 is 1.41 bits per heavy atom. The van der Waals surface area contributed by atoms with Crippen molar-refractivity contribution in [3.63, 3.8) is 0 Å². The van der Waals surface area contributed by atoms with Crippen molar-refractivity contribution in [1.29, 1.82) is 0 Å². The summed E-state index contributed by atoms with van der Waals surface area (Å²) in [6, 6.07) is 7.61. The molecular formula is C14H17BrN4O2S. The monoisotopic (exact) mass is 384 g/mol. The van der Waals surface area contributed by atoms with E-state index in [1.165, 1.54) is 23.5 Å². The topological polar surface area (TPSA) is 83.0 Å². The molecule has 1 aromatic carbocycles. The number of nitrogens with zero attached hydrogens (tertiary/aromatic N) is 3. The number of hydrogen-bond acceptors (Lipinski definition) is 6. The summed E-state index contributed by atoms with van der Waals surface area (Å²) in [5, 5.41) is 8.30. The summed E-state index contributed by atoms with van der Waals surface area (Å²) in [4.78, 5) is 11.8. The molecule has 1 unspecified atom stereocenters. The van der Waals surface area contributed by atoms with Crippen LogP contribution in [0.25, 0.3) is 11.4 Å². The zero-order valence-corrected chi connectivity index (χ0v) is 14.9. The molecule has 22 heavy (non-hydrogen) atoms. The van der Waals surface area contributed by atoms with Crippen LogP contribution in [0.5, 0.6) is 0 Å². The van der Waals surface area contributed by atoms with Crippen LogP contribution in [0.3, 0.4) is 0 Å². The molecule has 0 aliphatic heterocycles. The molecule has 1 heterocycles. The Morgan fingerprint density at radius 2 is 2.14 bits per heavy atom. The maximum absolute atomic E-state index is 11.8. The quantitative estimate of drug-likeness (QED) is 0.484. The molecular weight excluding hydrogens is 368 g/mol. The van der Waals surface area contributed by atoms with Crippen molar-refractivity contribution in [2.75, 3.05) is 13.0 Å². The van der Waals surface area contributed by atoms with Crippen LogP contribution in [0.4, 0.5) is 0 Å². The fraction of sp³-hybridized carbons (Fsp3) is 0.357. The Bertz CT molecular complexity index is 675. The second kappa shape index (κ2) is 7.15. The molecule has 0 spiro atoms. The van der Waals surface area contributed by atoms with Gasteiger partial charge in [0.1, 0.15) is 5.25 Å². The van der Waals surface area contributed by atoms with Gasteiger partial charge in [0.25, 0.3) is 0 Å². The van der Waals surface area contributed by atoms with E-state index in [0.29, 0.717) is 11.0 Å². The number of hydrogen-bond donors (Lipinski definition) is 1. The van der Waals surface area contributed by atoms with Crippen LogP contribution in [0.1, 0.15) is 13.8 Å². The van der Waals surface area contributed by atoms with Gasteiger partial charge in [-0.05, 0) is 18.1 Å². The first-order chi connectivity index (χ1) is 10.4. The average molecular weight is 385 g/mol. The van der Waals surface area contributed by atoms with Crippen LogP contribution < -0.4 is 5.84 Å². The maximum atomic E-state index is 11.8. The first kappa shape index (κ1) is 16.8. The van der Waals surface area contributed by atoms with E-state index in [1.807, 2.05) is 38.1 Å². The summed E-state index contributed by atoms with van der Waals surface area (Å²) in [6.07, 6.45) is 0. The summed E-state index contributed by atoms with van der Waals surface area (Å²) in [5.41, 5.74) is 0.843. The summed E-state index contributed by atoms with van der Waals surface area (Å²) in [7, 11) is 1.37. The molecule has 0 saturated carbocycles. The van der Waals surface area contributed by atoms with Gasteiger partial charge >= 0.3 is 5.97 Å². The number of halogens is 1. The molecule has 6 nitrogen and oxygen atoms in total. The zero-order chi connectivity index (χ0) is 16.3. The molecule has 0 saturated heterocycles. The lowest BCUT2D eigenvalue weighted by Gasteiger charge is -2.16. The first-order valence-electron chi connectivity index (χ1n) is 6.65. The lowest BCUT2D eigenvalue weighted by Crippen LogP contribution is -2.25. The molecule has 0 aliphatic rings. The highest BCUT2D eigenvalue weighted by Gasteiger charge is 2.27. The molecule has 2 N–H and O–H groups in total. The van der Waals surface area contributed by atoms with E-state index in [2.05, 4.69) is 26.1 Å². The van der Waals surface area contributed by atoms with Gasteiger partial charge in [-0.3, -0.25) is 4.79 Å². The van der Waals surface area contributed by atoms with Crippen LogP contribution in [-0.4, -0.2) is 33.2 Å². The number of ether oxygens (including phenoxy) is 1. The summed E-state index contributed by atoms with van der Waals surface area (Å²) < 4.78 is 7.15. The van der Waals surface area contributed by atoms with Crippen molar-refractivity contribution in [2.24, 2.45) is 5.92 Å². The Hall–Kier alpha value is -1.54. The van der Waals surface area contributed by atoms with E-state index in [1.54, 1.807) is 0 Å². The van der Waals surface area contributed by atoms with Crippen molar-refractivity contribution in [1.82, 2.24) is 14.9 Å². The van der Waals surface area contributed by atoms with E-state index in [4.69, 9.17) is 10.6 Å². The third-order valence-corrected chi connectivity index (χ3v) is 4.99. The van der Waals surface area contributed by atoms with E-state index in [-0.39, 0.29) is 17.1 Å². The van der Waals surface area contributed by atoms with E-state index in [0.717, 1.165) is 10.0 Å². The second-order valence-electron chi connectivity index (χ2n) is 4.99. The van der Waals surface area contributed by atoms with Gasteiger partial charge in [-0.25, -0.2) is 4.68 Å². The highest BCUT2D eigenvalue weighted by molar-refractivity contribution is 9.10. The standard InChI is InChI=1S/C14H17BrN4O2S/c1-8(2)11(13(20)21-3)22-14-18-17-12(19(14)16)9-5-4-6-10(15)7-9/h4-8,11H,16H2,1-3H3. The number of methoxy groups -OCH3 is 1. The Labute approximate surface area is 141 Å². The molecule has 0 aliphatic carbocycles. The van der Waals surface area contributed by atoms with Gasteiger partial charge in [0, 0.05) is 10.0 Å². The maximum Gasteiger partial charge on any atom is 0.319 e. The number of aromatic nitrogens is 3. The summed E-state index contributed by atoms with van der Waals surface area (Å²) in [5.74, 6) is 6.40. The Morgan fingerprint density at radius 3 is 2.73 bits per heavy atom. The predicted octanol–water partition coefficient (Wildman–Crippen LogP) is 2.71. The molecule has 1 aromatic heterocycles. The third-order valence-electron chi connectivity index (χ3n) is 3.02. The number of carbonyl (C=O) groups excluding carboxylic acids is 1. The van der Waals surface area contributed by atoms with Crippen molar-refractivity contribution >= 4 is 33.7 Å². The molecule has 1 atom stereocenters. The summed E-state index contributed by atoms with van der Waals surface area (Å²) in [6.45, 7) is 3.89. The molecule has 2 aromatic rings. The highest BCUT2D eigenvalue weighted by atomic mass is 79.9. The Balaban J connectivity index is 2.29. The number of rotatable bonds is 5. The number of esters is 1. The minimum Gasteiger partial charge on any atom is -0.468 e. The predicted molar refractivity (Wildman–Crippen MR) is 89.8 cm³/mol. The van der Waals surface area contributed by atoms with Gasteiger partial charge in [0.05, 0.1) is 7.11 Å².